The van der Waals surface area contributed by atoms with E-state index in [2.05, 4.69) is 0 Å². The van der Waals surface area contributed by atoms with Crippen LogP contribution in [0.15, 0.2) is 36.4 Å². The van der Waals surface area contributed by atoms with Gasteiger partial charge < -0.3 is 20.2 Å². The Kier molecular flexibility index (Phi) is 3.08. The van der Waals surface area contributed by atoms with Crippen molar-refractivity contribution in [3.63, 3.8) is 0 Å². The summed E-state index contributed by atoms with van der Waals surface area (Å²) in [5.74, 6) is -0.478. The minimum absolute atomic E-state index is 0.0757. The van der Waals surface area contributed by atoms with Crippen LogP contribution >= 0.6 is 0 Å². The lowest BCUT2D eigenvalue weighted by Crippen LogP contribution is -2.29. The number of amides is 1. The van der Waals surface area contributed by atoms with Gasteiger partial charge in [0.2, 0.25) is 0 Å². The number of β-amino-alcohol motifs (C(OH)–C–C–N with tert-alkyl or cyclic N) is 2. The molecule has 104 valence electrons. The zero-order valence-electron chi connectivity index (χ0n) is 10.7. The summed E-state index contributed by atoms with van der Waals surface area (Å²) in [5, 5.41) is 30.7. The van der Waals surface area contributed by atoms with Crippen molar-refractivity contribution in [2.24, 2.45) is 0 Å². The van der Waals surface area contributed by atoms with E-state index in [-0.39, 0.29) is 30.3 Å². The van der Waals surface area contributed by atoms with Gasteiger partial charge in [-0.15, -0.1) is 0 Å². The highest BCUT2D eigenvalue weighted by Crippen LogP contribution is 2.27. The summed E-state index contributed by atoms with van der Waals surface area (Å²) >= 11 is 0. The van der Waals surface area contributed by atoms with E-state index in [1.165, 1.54) is 4.90 Å². The van der Waals surface area contributed by atoms with Crippen LogP contribution in [-0.2, 0) is 0 Å². The van der Waals surface area contributed by atoms with Crippen LogP contribution in [-0.4, -0.2) is 51.4 Å². The van der Waals surface area contributed by atoms with E-state index >= 15 is 0 Å². The second-order valence-electron chi connectivity index (χ2n) is 5.06. The maximum Gasteiger partial charge on any atom is 0.257 e. The molecule has 2 aromatic carbocycles. The number of hydrogen-bond donors (Lipinski definition) is 3. The van der Waals surface area contributed by atoms with Gasteiger partial charge in [-0.05, 0) is 22.9 Å². The first-order valence-electron chi connectivity index (χ1n) is 6.43. The topological polar surface area (TPSA) is 81.0 Å². The molecule has 1 amide bonds. The summed E-state index contributed by atoms with van der Waals surface area (Å²) in [6.45, 7) is 0.151. The lowest BCUT2D eigenvalue weighted by Gasteiger charge is -2.16. The molecule has 1 fully saturated rings. The van der Waals surface area contributed by atoms with E-state index in [1.807, 2.05) is 24.3 Å². The Labute approximate surface area is 115 Å². The van der Waals surface area contributed by atoms with Gasteiger partial charge in [-0.2, -0.15) is 0 Å². The third-order valence-electron chi connectivity index (χ3n) is 3.64. The van der Waals surface area contributed by atoms with Gasteiger partial charge in [0.1, 0.15) is 5.75 Å². The Bertz CT molecular complexity index is 660. The average molecular weight is 273 g/mol. The highest BCUT2D eigenvalue weighted by Gasteiger charge is 2.33. The minimum atomic E-state index is -0.929. The molecular formula is C15H15NO4. The van der Waals surface area contributed by atoms with Crippen molar-refractivity contribution >= 4 is 16.7 Å². The number of carbonyl (C=O) groups excluding carboxylic acids is 1. The molecule has 3 rings (SSSR count). The maximum atomic E-state index is 12.3. The molecule has 2 unspecified atom stereocenters. The number of hydrogen-bond acceptors (Lipinski definition) is 4. The average Bonchev–Trinajstić information content (AvgIpc) is 2.77. The second-order valence-corrected chi connectivity index (χ2v) is 5.06. The first kappa shape index (κ1) is 12.9. The maximum absolute atomic E-state index is 12.3. The molecule has 0 saturated carbocycles. The first-order valence-corrected chi connectivity index (χ1v) is 6.43. The van der Waals surface area contributed by atoms with E-state index in [9.17, 15) is 20.1 Å². The van der Waals surface area contributed by atoms with Crippen molar-refractivity contribution in [2.45, 2.75) is 12.2 Å². The van der Waals surface area contributed by atoms with Crippen LogP contribution in [0.1, 0.15) is 10.4 Å². The highest BCUT2D eigenvalue weighted by molar-refractivity contribution is 6.01. The number of nitrogens with zero attached hydrogens (tertiary/aromatic N) is 1. The largest absolute Gasteiger partial charge is 0.507 e. The number of phenolic OH excluding ortho intramolecular Hbond substituents is 1. The summed E-state index contributed by atoms with van der Waals surface area (Å²) in [7, 11) is 0. The first-order chi connectivity index (χ1) is 9.56. The third kappa shape index (κ3) is 2.11. The SMILES string of the molecule is O=C(c1cc2ccccc2cc1O)N1CC(O)C(O)C1. The van der Waals surface area contributed by atoms with Crippen LogP contribution in [0, 0.1) is 0 Å². The molecule has 0 aromatic heterocycles. The molecule has 1 aliphatic rings. The van der Waals surface area contributed by atoms with Gasteiger partial charge >= 0.3 is 0 Å². The number of fused-ring (bicyclic) bond motifs is 1. The van der Waals surface area contributed by atoms with Crippen LogP contribution in [0.3, 0.4) is 0 Å². The predicted octanol–water partition coefficient (Wildman–Crippen LogP) is 0.723. The zero-order chi connectivity index (χ0) is 14.3. The molecule has 0 spiro atoms. The van der Waals surface area contributed by atoms with E-state index in [4.69, 9.17) is 0 Å². The third-order valence-corrected chi connectivity index (χ3v) is 3.64. The van der Waals surface area contributed by atoms with E-state index in [0.29, 0.717) is 0 Å². The Morgan fingerprint density at radius 2 is 1.60 bits per heavy atom. The molecule has 2 atom stereocenters. The number of aliphatic hydroxyl groups is 2. The standard InChI is InChI=1S/C15H15NO4/c17-12-6-10-4-2-1-3-9(10)5-11(12)15(20)16-7-13(18)14(19)8-16/h1-6,13-14,17-19H,7-8H2. The van der Waals surface area contributed by atoms with Gasteiger partial charge in [0.15, 0.2) is 0 Å². The number of likely N-dealkylation sites (tertiary alicyclic amines) is 1. The Hall–Kier alpha value is -2.11. The molecule has 3 N–H and O–H groups in total. The monoisotopic (exact) mass is 273 g/mol. The van der Waals surface area contributed by atoms with Crippen LogP contribution in [0.4, 0.5) is 0 Å². The van der Waals surface area contributed by atoms with Gasteiger partial charge in [0.25, 0.3) is 5.91 Å². The van der Waals surface area contributed by atoms with Crippen LogP contribution < -0.4 is 0 Å². The summed E-state index contributed by atoms with van der Waals surface area (Å²) in [4.78, 5) is 13.7. The molecule has 0 aliphatic carbocycles. The zero-order valence-corrected chi connectivity index (χ0v) is 10.7. The Morgan fingerprint density at radius 1 is 1.05 bits per heavy atom. The molecular weight excluding hydrogens is 258 g/mol. The Morgan fingerprint density at radius 3 is 2.20 bits per heavy atom. The molecule has 5 nitrogen and oxygen atoms in total. The fourth-order valence-corrected chi connectivity index (χ4v) is 2.51. The molecule has 1 heterocycles. The van der Waals surface area contributed by atoms with Crippen molar-refractivity contribution in [1.82, 2.24) is 4.90 Å². The van der Waals surface area contributed by atoms with Crippen LogP contribution in [0.2, 0.25) is 0 Å². The summed E-state index contributed by atoms with van der Waals surface area (Å²) < 4.78 is 0. The van der Waals surface area contributed by atoms with E-state index in [1.54, 1.807) is 12.1 Å². The quantitative estimate of drug-likeness (QED) is 0.715. The fourth-order valence-electron chi connectivity index (χ4n) is 2.51. The van der Waals surface area contributed by atoms with Crippen molar-refractivity contribution in [3.8, 4) is 5.75 Å². The smallest absolute Gasteiger partial charge is 0.257 e. The molecule has 2 aromatic rings. The fraction of sp³-hybridized carbons (Fsp3) is 0.267. The molecule has 0 radical (unpaired) electrons. The van der Waals surface area contributed by atoms with Crippen LogP contribution in [0.5, 0.6) is 5.75 Å². The van der Waals surface area contributed by atoms with Gasteiger partial charge in [0.05, 0.1) is 17.8 Å². The van der Waals surface area contributed by atoms with Gasteiger partial charge in [-0.25, -0.2) is 0 Å². The summed E-state index contributed by atoms with van der Waals surface area (Å²) in [6.07, 6.45) is -1.86. The summed E-state index contributed by atoms with van der Waals surface area (Å²) in [6, 6.07) is 10.6. The lowest BCUT2D eigenvalue weighted by molar-refractivity contribution is 0.0572. The van der Waals surface area contributed by atoms with Crippen molar-refractivity contribution in [2.75, 3.05) is 13.1 Å². The molecule has 5 heteroatoms. The van der Waals surface area contributed by atoms with Crippen molar-refractivity contribution in [3.05, 3.63) is 42.0 Å². The highest BCUT2D eigenvalue weighted by atomic mass is 16.3. The van der Waals surface area contributed by atoms with Crippen molar-refractivity contribution in [1.29, 1.82) is 0 Å². The van der Waals surface area contributed by atoms with Crippen molar-refractivity contribution < 1.29 is 20.1 Å². The van der Waals surface area contributed by atoms with Gasteiger partial charge in [0, 0.05) is 13.1 Å². The number of aromatic hydroxyl groups is 1. The lowest BCUT2D eigenvalue weighted by atomic mass is 10.1. The minimum Gasteiger partial charge on any atom is -0.507 e. The number of aliphatic hydroxyl groups excluding tert-OH is 2. The normalized spacial score (nSPS) is 22.4. The van der Waals surface area contributed by atoms with E-state index in [0.717, 1.165) is 10.8 Å². The van der Waals surface area contributed by atoms with Gasteiger partial charge in [-0.3, -0.25) is 4.79 Å². The number of phenols is 1. The molecule has 1 aliphatic heterocycles. The number of benzene rings is 2. The molecule has 0 bridgehead atoms. The molecule has 20 heavy (non-hydrogen) atoms. The second kappa shape index (κ2) is 4.77. The number of rotatable bonds is 1. The Balaban J connectivity index is 1.97. The summed E-state index contributed by atoms with van der Waals surface area (Å²) in [5.41, 5.74) is 0.185. The number of carbonyl (C=O) groups is 1. The van der Waals surface area contributed by atoms with E-state index < -0.39 is 12.2 Å². The van der Waals surface area contributed by atoms with Crippen LogP contribution in [0.25, 0.3) is 10.8 Å². The van der Waals surface area contributed by atoms with Gasteiger partial charge in [-0.1, -0.05) is 24.3 Å². The molecule has 1 saturated heterocycles. The predicted molar refractivity (Wildman–Crippen MR) is 73.5 cm³/mol.